The van der Waals surface area contributed by atoms with Crippen LogP contribution in [0, 0.1) is 0 Å². The molecule has 1 aromatic heterocycles. The quantitative estimate of drug-likeness (QED) is 0.500. The zero-order chi connectivity index (χ0) is 23.3. The number of piperidine rings is 1. The predicted octanol–water partition coefficient (Wildman–Crippen LogP) is 4.83. The molecule has 0 radical (unpaired) electrons. The van der Waals surface area contributed by atoms with E-state index in [-0.39, 0.29) is 0 Å². The Morgan fingerprint density at radius 1 is 0.765 bits per heavy atom. The van der Waals surface area contributed by atoms with Crippen molar-refractivity contribution < 1.29 is 14.2 Å². The van der Waals surface area contributed by atoms with Crippen LogP contribution in [0.4, 0.5) is 5.95 Å². The molecule has 0 unspecified atom stereocenters. The second-order valence-electron chi connectivity index (χ2n) is 8.89. The Hall–Kier alpha value is -3.32. The third-order valence-electron chi connectivity index (χ3n) is 6.57. The molecular weight excluding hydrogens is 428 g/mol. The number of ether oxygens (including phenoxy) is 3. The van der Waals surface area contributed by atoms with E-state index in [0.717, 1.165) is 73.6 Å². The van der Waals surface area contributed by atoms with E-state index in [2.05, 4.69) is 21.9 Å². The van der Waals surface area contributed by atoms with Gasteiger partial charge in [0.2, 0.25) is 11.8 Å². The minimum absolute atomic E-state index is 0.662. The molecule has 0 spiro atoms. The van der Waals surface area contributed by atoms with Crippen molar-refractivity contribution in [1.82, 2.24) is 14.9 Å². The van der Waals surface area contributed by atoms with Crippen molar-refractivity contribution in [3.05, 3.63) is 65.4 Å². The zero-order valence-electron chi connectivity index (χ0n) is 20.0. The fourth-order valence-corrected chi connectivity index (χ4v) is 4.63. The molecule has 3 heterocycles. The van der Waals surface area contributed by atoms with E-state index in [4.69, 9.17) is 24.2 Å². The second kappa shape index (κ2) is 10.3. The van der Waals surface area contributed by atoms with Crippen LogP contribution >= 0.6 is 0 Å². The molecule has 34 heavy (non-hydrogen) atoms. The van der Waals surface area contributed by atoms with E-state index in [0.29, 0.717) is 5.88 Å². The Bertz CT molecular complexity index is 1100. The molecule has 0 N–H and O–H groups in total. The lowest BCUT2D eigenvalue weighted by molar-refractivity contribution is 0.238. The van der Waals surface area contributed by atoms with Crippen molar-refractivity contribution in [1.29, 1.82) is 0 Å². The van der Waals surface area contributed by atoms with Gasteiger partial charge in [-0.2, -0.15) is 4.98 Å². The van der Waals surface area contributed by atoms with Gasteiger partial charge in [-0.1, -0.05) is 12.1 Å². The highest BCUT2D eigenvalue weighted by molar-refractivity contribution is 5.44. The summed E-state index contributed by atoms with van der Waals surface area (Å²) in [6.07, 6.45) is 4.53. The molecule has 2 aliphatic heterocycles. The highest BCUT2D eigenvalue weighted by atomic mass is 16.5. The molecule has 2 aromatic carbocycles. The van der Waals surface area contributed by atoms with E-state index in [1.165, 1.54) is 24.8 Å². The maximum atomic E-state index is 6.36. The third kappa shape index (κ3) is 5.09. The van der Waals surface area contributed by atoms with Crippen LogP contribution in [0.25, 0.3) is 0 Å². The maximum absolute atomic E-state index is 6.36. The number of fused-ring (bicyclic) bond motifs is 1. The van der Waals surface area contributed by atoms with E-state index < -0.39 is 0 Å². The molecule has 1 saturated heterocycles. The summed E-state index contributed by atoms with van der Waals surface area (Å²) in [4.78, 5) is 14.7. The fourth-order valence-electron chi connectivity index (χ4n) is 4.63. The van der Waals surface area contributed by atoms with Crippen LogP contribution in [0.1, 0.15) is 36.1 Å². The largest absolute Gasteiger partial charge is 0.497 e. The van der Waals surface area contributed by atoms with Crippen LogP contribution in [0.2, 0.25) is 0 Å². The lowest BCUT2D eigenvalue weighted by atomic mass is 10.1. The average molecular weight is 461 g/mol. The van der Waals surface area contributed by atoms with Crippen LogP contribution in [0.3, 0.4) is 0 Å². The summed E-state index contributed by atoms with van der Waals surface area (Å²) in [5.41, 5.74) is 3.44. The van der Waals surface area contributed by atoms with Crippen molar-refractivity contribution in [2.24, 2.45) is 0 Å². The number of hydrogen-bond donors (Lipinski definition) is 0. The smallest absolute Gasteiger partial charge is 0.228 e. The Kier molecular flexibility index (Phi) is 6.81. The Morgan fingerprint density at radius 2 is 1.41 bits per heavy atom. The number of hydrogen-bond acceptors (Lipinski definition) is 7. The van der Waals surface area contributed by atoms with Gasteiger partial charge in [0.15, 0.2) is 0 Å². The molecular formula is C27H32N4O3. The van der Waals surface area contributed by atoms with Crippen LogP contribution in [-0.2, 0) is 19.5 Å². The molecule has 2 aliphatic rings. The summed E-state index contributed by atoms with van der Waals surface area (Å²) in [5.74, 6) is 3.89. The molecule has 178 valence electrons. The van der Waals surface area contributed by atoms with Crippen molar-refractivity contribution >= 4 is 5.95 Å². The topological polar surface area (TPSA) is 60.0 Å². The molecule has 7 nitrogen and oxygen atoms in total. The van der Waals surface area contributed by atoms with E-state index in [9.17, 15) is 0 Å². The van der Waals surface area contributed by atoms with Gasteiger partial charge in [-0.3, -0.25) is 4.90 Å². The van der Waals surface area contributed by atoms with Gasteiger partial charge in [0.25, 0.3) is 0 Å². The first kappa shape index (κ1) is 22.5. The highest BCUT2D eigenvalue weighted by Gasteiger charge is 2.26. The monoisotopic (exact) mass is 460 g/mol. The van der Waals surface area contributed by atoms with Crippen LogP contribution in [0.5, 0.6) is 23.1 Å². The number of methoxy groups -OCH3 is 2. The molecule has 0 atom stereocenters. The second-order valence-corrected chi connectivity index (χ2v) is 8.89. The first-order valence-corrected chi connectivity index (χ1v) is 12.0. The Labute approximate surface area is 201 Å². The molecule has 0 bridgehead atoms. The standard InChI is InChI=1S/C27H32N4O3/c1-32-21-8-6-20(7-9-21)18-30-17-14-25-24(19-30)26(34-23-12-10-22(33-2)11-13-23)29-27(28-25)31-15-4-3-5-16-31/h6-13H,3-5,14-19H2,1-2H3. The van der Waals surface area contributed by atoms with E-state index in [1.54, 1.807) is 14.2 Å². The SMILES string of the molecule is COc1ccc(CN2CCc3nc(N4CCCCC4)nc(Oc4ccc(OC)cc4)c3C2)cc1. The van der Waals surface area contributed by atoms with Gasteiger partial charge < -0.3 is 19.1 Å². The van der Waals surface area contributed by atoms with Gasteiger partial charge in [0.05, 0.1) is 25.5 Å². The van der Waals surface area contributed by atoms with Crippen molar-refractivity contribution in [3.8, 4) is 23.1 Å². The van der Waals surface area contributed by atoms with Gasteiger partial charge in [-0.25, -0.2) is 4.98 Å². The molecule has 3 aromatic rings. The van der Waals surface area contributed by atoms with Crippen LogP contribution in [-0.4, -0.2) is 48.7 Å². The minimum Gasteiger partial charge on any atom is -0.497 e. The lowest BCUT2D eigenvalue weighted by Gasteiger charge is -2.32. The number of nitrogens with zero attached hydrogens (tertiary/aromatic N) is 4. The Morgan fingerprint density at radius 3 is 2.09 bits per heavy atom. The number of benzene rings is 2. The van der Waals surface area contributed by atoms with Gasteiger partial charge in [-0.15, -0.1) is 0 Å². The Balaban J connectivity index is 1.41. The lowest BCUT2D eigenvalue weighted by Crippen LogP contribution is -2.34. The summed E-state index contributed by atoms with van der Waals surface area (Å²) in [6.45, 7) is 4.58. The van der Waals surface area contributed by atoms with Gasteiger partial charge in [0, 0.05) is 39.1 Å². The summed E-state index contributed by atoms with van der Waals surface area (Å²) >= 11 is 0. The number of rotatable bonds is 7. The number of aromatic nitrogens is 2. The third-order valence-corrected chi connectivity index (χ3v) is 6.57. The highest BCUT2D eigenvalue weighted by Crippen LogP contribution is 2.33. The first-order chi connectivity index (χ1) is 16.7. The molecule has 5 rings (SSSR count). The summed E-state index contributed by atoms with van der Waals surface area (Å²) in [6, 6.07) is 15.9. The van der Waals surface area contributed by atoms with Gasteiger partial charge in [0.1, 0.15) is 17.2 Å². The fraction of sp³-hybridized carbons (Fsp3) is 0.407. The first-order valence-electron chi connectivity index (χ1n) is 12.0. The van der Waals surface area contributed by atoms with Gasteiger partial charge >= 0.3 is 0 Å². The van der Waals surface area contributed by atoms with Gasteiger partial charge in [-0.05, 0) is 61.2 Å². The van der Waals surface area contributed by atoms with Crippen molar-refractivity contribution in [3.63, 3.8) is 0 Å². The predicted molar refractivity (Wildman–Crippen MR) is 132 cm³/mol. The molecule has 0 saturated carbocycles. The van der Waals surface area contributed by atoms with Crippen molar-refractivity contribution in [2.45, 2.75) is 38.8 Å². The molecule has 0 aliphatic carbocycles. The summed E-state index contributed by atoms with van der Waals surface area (Å²) < 4.78 is 16.9. The summed E-state index contributed by atoms with van der Waals surface area (Å²) in [7, 11) is 3.36. The van der Waals surface area contributed by atoms with E-state index >= 15 is 0 Å². The van der Waals surface area contributed by atoms with Crippen LogP contribution < -0.4 is 19.1 Å². The molecule has 7 heteroatoms. The minimum atomic E-state index is 0.662. The molecule has 0 amide bonds. The zero-order valence-corrected chi connectivity index (χ0v) is 20.0. The van der Waals surface area contributed by atoms with Crippen LogP contribution in [0.15, 0.2) is 48.5 Å². The van der Waals surface area contributed by atoms with E-state index in [1.807, 2.05) is 36.4 Å². The van der Waals surface area contributed by atoms with Crippen molar-refractivity contribution in [2.75, 3.05) is 38.8 Å². The summed E-state index contributed by atoms with van der Waals surface area (Å²) in [5, 5.41) is 0. The maximum Gasteiger partial charge on any atom is 0.228 e. The molecule has 1 fully saturated rings. The average Bonchev–Trinajstić information content (AvgIpc) is 2.90. The number of anilines is 1. The normalized spacial score (nSPS) is 16.1.